The summed E-state index contributed by atoms with van der Waals surface area (Å²) in [4.78, 5) is 45.4. The van der Waals surface area contributed by atoms with Gasteiger partial charge in [-0.3, -0.25) is 9.69 Å². The zero-order valence-electron chi connectivity index (χ0n) is 34.8. The summed E-state index contributed by atoms with van der Waals surface area (Å²) in [6.45, 7) is 7.53. The number of hydrogen-bond donors (Lipinski definition) is 1. The van der Waals surface area contributed by atoms with E-state index in [1.807, 2.05) is 42.2 Å². The van der Waals surface area contributed by atoms with Crippen LogP contribution in [-0.4, -0.2) is 79.3 Å². The number of nitrogens with zero attached hydrogens (tertiary/aromatic N) is 2. The zero-order valence-corrected chi connectivity index (χ0v) is 36.3. The predicted molar refractivity (Wildman–Crippen MR) is 230 cm³/mol. The number of nitrogens with one attached hydrogen (secondary N) is 1. The fourth-order valence-electron chi connectivity index (χ4n) is 6.86. The van der Waals surface area contributed by atoms with Gasteiger partial charge in [-0.1, -0.05) is 67.1 Å². The second kappa shape index (κ2) is 20.0. The first-order valence-electron chi connectivity index (χ1n) is 19.2. The van der Waals surface area contributed by atoms with Gasteiger partial charge in [-0.2, -0.15) is 0 Å². The molecule has 3 amide bonds. The van der Waals surface area contributed by atoms with Crippen molar-refractivity contribution >= 4 is 46.7 Å². The molecule has 0 radical (unpaired) electrons. The van der Waals surface area contributed by atoms with Crippen molar-refractivity contribution in [2.24, 2.45) is 0 Å². The zero-order chi connectivity index (χ0) is 42.9. The van der Waals surface area contributed by atoms with Gasteiger partial charge >= 0.3 is 12.0 Å². The van der Waals surface area contributed by atoms with Gasteiger partial charge < -0.3 is 38.6 Å². The smallest absolute Gasteiger partial charge is 0.342 e. The van der Waals surface area contributed by atoms with E-state index in [2.05, 4.69) is 5.32 Å². The molecule has 1 N–H and O–H groups in total. The van der Waals surface area contributed by atoms with Crippen LogP contribution in [0.25, 0.3) is 0 Å². The van der Waals surface area contributed by atoms with E-state index in [1.54, 1.807) is 97.7 Å². The summed E-state index contributed by atoms with van der Waals surface area (Å²) in [7, 11) is 6.22. The molecular formula is C45H52ClN3O9S. The maximum atomic E-state index is 14.2. The van der Waals surface area contributed by atoms with Crippen LogP contribution in [-0.2, 0) is 29.1 Å². The Morgan fingerprint density at radius 1 is 0.881 bits per heavy atom. The molecule has 5 rings (SSSR count). The molecule has 1 aliphatic rings. The van der Waals surface area contributed by atoms with Crippen LogP contribution >= 0.6 is 23.8 Å². The molecular weight excluding hydrogens is 794 g/mol. The number of hydrogen-bond acceptors (Lipinski definition) is 10. The quantitative estimate of drug-likeness (QED) is 0.0913. The Bertz CT molecular complexity index is 2120. The minimum absolute atomic E-state index is 0.0724. The summed E-state index contributed by atoms with van der Waals surface area (Å²) in [5, 5.41) is 3.54. The minimum atomic E-state index is -0.763. The molecule has 0 saturated carbocycles. The number of rotatable bonds is 15. The first kappa shape index (κ1) is 44.6. The van der Waals surface area contributed by atoms with E-state index in [9.17, 15) is 14.4 Å². The number of methoxy groups -OCH3 is 4. The standard InChI is InChI=1S/C45H52ClN3O9S/c1-9-36(29-15-17-38(57-27-28-13-11-10-12-14-28)34(21-29)43(51)58-45(2,3)4)47-44(52)49-26-42(59)48(25-35-39(55-7)23-33(53-5)24-40(35)56-8)32(22-41(49)50)20-30-19-31(46)16-18-37(30)54-6/h10-19,21,23-24,32,36H,9,20,22,25-27H2,1-8H3,(H,47,52)/t32-,36-/m1/s1. The molecule has 314 valence electrons. The number of thiocarbonyl (C=S) groups is 1. The first-order valence-corrected chi connectivity index (χ1v) is 20.0. The lowest BCUT2D eigenvalue weighted by Crippen LogP contribution is -2.47. The topological polar surface area (TPSA) is 125 Å². The third-order valence-corrected chi connectivity index (χ3v) is 10.4. The van der Waals surface area contributed by atoms with Gasteiger partial charge in [0.05, 0.1) is 58.1 Å². The van der Waals surface area contributed by atoms with Crippen LogP contribution in [0.3, 0.4) is 0 Å². The molecule has 4 aromatic rings. The number of carbonyl (C=O) groups excluding carboxylic acids is 3. The van der Waals surface area contributed by atoms with Crippen LogP contribution in [0.2, 0.25) is 5.02 Å². The maximum absolute atomic E-state index is 14.2. The summed E-state index contributed by atoms with van der Waals surface area (Å²) in [6.07, 6.45) is 0.684. The third-order valence-electron chi connectivity index (χ3n) is 9.82. The molecule has 1 saturated heterocycles. The van der Waals surface area contributed by atoms with Crippen molar-refractivity contribution in [2.75, 3.05) is 35.0 Å². The molecule has 0 spiro atoms. The lowest BCUT2D eigenvalue weighted by atomic mass is 9.99. The van der Waals surface area contributed by atoms with E-state index in [1.165, 1.54) is 0 Å². The predicted octanol–water partition coefficient (Wildman–Crippen LogP) is 8.74. The Balaban J connectivity index is 1.46. The largest absolute Gasteiger partial charge is 0.496 e. The average Bonchev–Trinajstić information content (AvgIpc) is 3.33. The van der Waals surface area contributed by atoms with E-state index in [-0.39, 0.29) is 31.7 Å². The maximum Gasteiger partial charge on any atom is 0.342 e. The number of halogens is 1. The van der Waals surface area contributed by atoms with E-state index in [0.717, 1.165) is 16.0 Å². The number of amides is 3. The van der Waals surface area contributed by atoms with E-state index < -0.39 is 35.6 Å². The highest BCUT2D eigenvalue weighted by Crippen LogP contribution is 2.37. The van der Waals surface area contributed by atoms with Gasteiger partial charge in [0.25, 0.3) is 0 Å². The van der Waals surface area contributed by atoms with Crippen molar-refractivity contribution in [3.8, 4) is 28.7 Å². The van der Waals surface area contributed by atoms with Crippen molar-refractivity contribution in [3.05, 3.63) is 112 Å². The molecule has 1 aliphatic heterocycles. The summed E-state index contributed by atoms with van der Waals surface area (Å²) in [5.74, 6) is 1.48. The molecule has 0 unspecified atom stereocenters. The van der Waals surface area contributed by atoms with Gasteiger partial charge in [0, 0.05) is 29.6 Å². The number of urea groups is 1. The number of ether oxygens (including phenoxy) is 6. The van der Waals surface area contributed by atoms with Crippen molar-refractivity contribution in [2.45, 2.75) is 77.8 Å². The Morgan fingerprint density at radius 2 is 1.54 bits per heavy atom. The van der Waals surface area contributed by atoms with E-state index in [4.69, 9.17) is 52.2 Å². The number of carbonyl (C=O) groups is 3. The van der Waals surface area contributed by atoms with Gasteiger partial charge in [-0.15, -0.1) is 0 Å². The molecule has 0 aliphatic carbocycles. The average molecular weight is 846 g/mol. The lowest BCUT2D eigenvalue weighted by Gasteiger charge is -2.33. The van der Waals surface area contributed by atoms with Crippen LogP contribution in [0.1, 0.15) is 79.2 Å². The van der Waals surface area contributed by atoms with Gasteiger partial charge in [0.15, 0.2) is 0 Å². The second-order valence-corrected chi connectivity index (χ2v) is 15.9. The molecule has 12 nitrogen and oxygen atoms in total. The molecule has 2 atom stereocenters. The SMILES string of the molecule is CC[C@@H](NC(=O)N1CC(=S)N(Cc2c(OC)cc(OC)cc2OC)[C@H](Cc2cc(Cl)ccc2OC)CC1=O)c1ccc(OCc2ccccc2)c(C(=O)OC(C)(C)C)c1. The summed E-state index contributed by atoms with van der Waals surface area (Å²) in [6, 6.07) is 21.8. The summed E-state index contributed by atoms with van der Waals surface area (Å²) < 4.78 is 34.5. The van der Waals surface area contributed by atoms with Crippen molar-refractivity contribution in [1.82, 2.24) is 15.1 Å². The normalized spacial score (nSPS) is 14.9. The van der Waals surface area contributed by atoms with Crippen molar-refractivity contribution in [1.29, 1.82) is 0 Å². The highest BCUT2D eigenvalue weighted by atomic mass is 35.5. The molecule has 1 heterocycles. The van der Waals surface area contributed by atoms with Crippen LogP contribution in [0.5, 0.6) is 28.7 Å². The molecule has 1 fully saturated rings. The molecule has 59 heavy (non-hydrogen) atoms. The van der Waals surface area contributed by atoms with Crippen LogP contribution in [0.4, 0.5) is 4.79 Å². The van der Waals surface area contributed by atoms with Gasteiger partial charge in [-0.25, -0.2) is 9.59 Å². The minimum Gasteiger partial charge on any atom is -0.496 e. The Labute approximate surface area is 356 Å². The Kier molecular flexibility index (Phi) is 15.1. The van der Waals surface area contributed by atoms with Crippen LogP contribution in [0.15, 0.2) is 78.9 Å². The van der Waals surface area contributed by atoms with Gasteiger partial charge in [0.1, 0.15) is 46.5 Å². The number of imide groups is 1. The summed E-state index contributed by atoms with van der Waals surface area (Å²) in [5.41, 5.74) is 2.45. The fourth-order valence-corrected chi connectivity index (χ4v) is 7.39. The summed E-state index contributed by atoms with van der Waals surface area (Å²) >= 11 is 12.5. The molecule has 0 aromatic heterocycles. The van der Waals surface area contributed by atoms with Crippen molar-refractivity contribution in [3.63, 3.8) is 0 Å². The van der Waals surface area contributed by atoms with Gasteiger partial charge in [-0.05, 0) is 80.6 Å². The molecule has 14 heteroatoms. The van der Waals surface area contributed by atoms with Crippen molar-refractivity contribution < 1.29 is 42.8 Å². The molecule has 4 aromatic carbocycles. The van der Waals surface area contributed by atoms with Crippen LogP contribution < -0.4 is 29.0 Å². The fraction of sp³-hybridized carbons (Fsp3) is 0.378. The number of esters is 1. The highest BCUT2D eigenvalue weighted by molar-refractivity contribution is 7.80. The Morgan fingerprint density at radius 3 is 2.15 bits per heavy atom. The third kappa shape index (κ3) is 11.4. The van der Waals surface area contributed by atoms with Gasteiger partial charge in [0.2, 0.25) is 5.91 Å². The monoisotopic (exact) mass is 845 g/mol. The van der Waals surface area contributed by atoms with E-state index in [0.29, 0.717) is 62.7 Å². The Hall–Kier alpha value is -5.53. The lowest BCUT2D eigenvalue weighted by molar-refractivity contribution is -0.128. The number of benzene rings is 4. The second-order valence-electron chi connectivity index (χ2n) is 15.0. The molecule has 0 bridgehead atoms. The highest BCUT2D eigenvalue weighted by Gasteiger charge is 2.37. The van der Waals surface area contributed by atoms with E-state index >= 15 is 0 Å². The van der Waals surface area contributed by atoms with Crippen LogP contribution in [0, 0.1) is 0 Å². The first-order chi connectivity index (χ1) is 28.2.